The average Bonchev–Trinajstić information content (AvgIpc) is 2.08. The summed E-state index contributed by atoms with van der Waals surface area (Å²) in [4.78, 5) is 0. The third kappa shape index (κ3) is 2.37. The summed E-state index contributed by atoms with van der Waals surface area (Å²) < 4.78 is 4.70. The molecule has 13 heavy (non-hydrogen) atoms. The Morgan fingerprint density at radius 2 is 1.69 bits per heavy atom. The van der Waals surface area contributed by atoms with Gasteiger partial charge >= 0.3 is 0 Å². The number of aliphatic hydroxyl groups excluding tert-OH is 4. The molecule has 1 saturated heterocycles. The molecule has 0 spiro atoms. The zero-order chi connectivity index (χ0) is 9.30. The van der Waals surface area contributed by atoms with Gasteiger partial charge in [0.05, 0.1) is 12.6 Å². The van der Waals surface area contributed by atoms with E-state index >= 15 is 0 Å². The third-order valence-electron chi connectivity index (χ3n) is 1.95. The Balaban J connectivity index is 0.00000144. The van der Waals surface area contributed by atoms with E-state index in [1.165, 1.54) is 0 Å². The fourth-order valence-electron chi connectivity index (χ4n) is 1.12. The summed E-state index contributed by atoms with van der Waals surface area (Å²) in [5.41, 5.74) is 5.26. The molecule has 1 fully saturated rings. The molecule has 6 nitrogen and oxygen atoms in total. The van der Waals surface area contributed by atoms with Crippen LogP contribution in [0.25, 0.3) is 0 Å². The molecule has 0 aromatic heterocycles. The lowest BCUT2D eigenvalue weighted by molar-refractivity contribution is -0.248. The van der Waals surface area contributed by atoms with E-state index in [2.05, 4.69) is 0 Å². The number of aliphatic hydroxyl groups is 4. The van der Waals surface area contributed by atoms with Crippen molar-refractivity contribution in [3.05, 3.63) is 0 Å². The van der Waals surface area contributed by atoms with Gasteiger partial charge in [-0.3, -0.25) is 0 Å². The van der Waals surface area contributed by atoms with Crippen molar-refractivity contribution in [1.29, 1.82) is 0 Å². The van der Waals surface area contributed by atoms with Crippen LogP contribution in [0.15, 0.2) is 0 Å². The number of hydrogen-bond donors (Lipinski definition) is 5. The van der Waals surface area contributed by atoms with Crippen LogP contribution < -0.4 is 5.73 Å². The first kappa shape index (κ1) is 12.8. The van der Waals surface area contributed by atoms with Crippen molar-refractivity contribution in [2.75, 3.05) is 6.61 Å². The molecule has 1 aliphatic rings. The van der Waals surface area contributed by atoms with Gasteiger partial charge in [-0.1, -0.05) is 7.43 Å². The monoisotopic (exact) mass is 195 g/mol. The van der Waals surface area contributed by atoms with Gasteiger partial charge in [-0.15, -0.1) is 0 Å². The molecule has 6 N–H and O–H groups in total. The molecule has 5 atom stereocenters. The van der Waals surface area contributed by atoms with Crippen molar-refractivity contribution in [1.82, 2.24) is 0 Å². The maximum absolute atomic E-state index is 9.20. The van der Waals surface area contributed by atoms with Crippen LogP contribution >= 0.6 is 0 Å². The van der Waals surface area contributed by atoms with Crippen LogP contribution in [0.1, 0.15) is 7.43 Å². The van der Waals surface area contributed by atoms with Crippen LogP contribution in [0.4, 0.5) is 0 Å². The molecule has 0 radical (unpaired) electrons. The number of hydrogen-bond acceptors (Lipinski definition) is 6. The van der Waals surface area contributed by atoms with Crippen molar-refractivity contribution in [2.45, 2.75) is 38.1 Å². The molecule has 0 aromatic rings. The minimum atomic E-state index is -1.35. The molecular formula is C7H17NO5. The second-order valence-corrected chi connectivity index (χ2v) is 2.81. The van der Waals surface area contributed by atoms with E-state index in [4.69, 9.17) is 20.7 Å². The Morgan fingerprint density at radius 3 is 2.15 bits per heavy atom. The second-order valence-electron chi connectivity index (χ2n) is 2.81. The van der Waals surface area contributed by atoms with Gasteiger partial charge < -0.3 is 30.9 Å². The largest absolute Gasteiger partial charge is 0.394 e. The van der Waals surface area contributed by atoms with E-state index in [0.717, 1.165) is 0 Å². The van der Waals surface area contributed by atoms with Crippen molar-refractivity contribution < 1.29 is 25.2 Å². The Labute approximate surface area is 76.6 Å². The van der Waals surface area contributed by atoms with Gasteiger partial charge in [-0.05, 0) is 0 Å². The van der Waals surface area contributed by atoms with Gasteiger partial charge in [0.15, 0.2) is 6.29 Å². The standard InChI is InChI=1S/C6H13NO5.CH4/c7-3-5(10)4(9)2(1-8)12-6(3)11;/h2-6,8-11H,1,7H2;1H4/t2?,3?,4-,5-,6+;/m1./s1. The van der Waals surface area contributed by atoms with Gasteiger partial charge in [0.2, 0.25) is 0 Å². The minimum absolute atomic E-state index is 0. The molecule has 1 heterocycles. The Morgan fingerprint density at radius 1 is 1.15 bits per heavy atom. The quantitative estimate of drug-likeness (QED) is 0.313. The fraction of sp³-hybridized carbons (Fsp3) is 1.00. The smallest absolute Gasteiger partial charge is 0.173 e. The van der Waals surface area contributed by atoms with Crippen LogP contribution in [-0.2, 0) is 4.74 Å². The molecule has 0 aliphatic carbocycles. The van der Waals surface area contributed by atoms with Crippen molar-refractivity contribution in [3.8, 4) is 0 Å². The summed E-state index contributed by atoms with van der Waals surface area (Å²) in [6.07, 6.45) is -4.85. The molecule has 2 unspecified atom stereocenters. The minimum Gasteiger partial charge on any atom is -0.394 e. The van der Waals surface area contributed by atoms with Crippen LogP contribution in [-0.4, -0.2) is 57.7 Å². The molecule has 6 heteroatoms. The summed E-state index contributed by atoms with van der Waals surface area (Å²) >= 11 is 0. The lowest BCUT2D eigenvalue weighted by Gasteiger charge is -2.38. The molecular weight excluding hydrogens is 178 g/mol. The Hall–Kier alpha value is -0.240. The van der Waals surface area contributed by atoms with Gasteiger partial charge in [0.25, 0.3) is 0 Å². The molecule has 0 amide bonds. The maximum atomic E-state index is 9.20. The third-order valence-corrected chi connectivity index (χ3v) is 1.95. The highest BCUT2D eigenvalue weighted by Crippen LogP contribution is 2.17. The number of rotatable bonds is 1. The maximum Gasteiger partial charge on any atom is 0.173 e. The Kier molecular flexibility index (Phi) is 4.76. The van der Waals surface area contributed by atoms with E-state index in [-0.39, 0.29) is 7.43 Å². The predicted molar refractivity (Wildman–Crippen MR) is 44.7 cm³/mol. The number of nitrogens with two attached hydrogens (primary N) is 1. The van der Waals surface area contributed by atoms with E-state index in [9.17, 15) is 10.2 Å². The highest BCUT2D eigenvalue weighted by atomic mass is 16.6. The summed E-state index contributed by atoms with van der Waals surface area (Å²) in [5.74, 6) is 0. The van der Waals surface area contributed by atoms with Crippen molar-refractivity contribution in [3.63, 3.8) is 0 Å². The summed E-state index contributed by atoms with van der Waals surface area (Å²) in [5, 5.41) is 36.1. The van der Waals surface area contributed by atoms with Crippen LogP contribution in [0.2, 0.25) is 0 Å². The zero-order valence-electron chi connectivity index (χ0n) is 6.37. The van der Waals surface area contributed by atoms with Gasteiger partial charge in [-0.25, -0.2) is 0 Å². The first-order valence-corrected chi connectivity index (χ1v) is 3.64. The molecule has 1 aliphatic heterocycles. The molecule has 0 bridgehead atoms. The van der Waals surface area contributed by atoms with Crippen LogP contribution in [0.3, 0.4) is 0 Å². The lowest BCUT2D eigenvalue weighted by atomic mass is 9.98. The van der Waals surface area contributed by atoms with E-state index in [0.29, 0.717) is 0 Å². The first-order valence-electron chi connectivity index (χ1n) is 3.64. The summed E-state index contributed by atoms with van der Waals surface area (Å²) in [6.45, 7) is -0.470. The number of ether oxygens (including phenoxy) is 1. The normalized spacial score (nSPS) is 45.5. The van der Waals surface area contributed by atoms with E-state index < -0.39 is 37.3 Å². The van der Waals surface area contributed by atoms with Gasteiger partial charge in [-0.2, -0.15) is 0 Å². The van der Waals surface area contributed by atoms with Gasteiger partial charge in [0.1, 0.15) is 18.3 Å². The Bertz CT molecular complexity index is 151. The zero-order valence-corrected chi connectivity index (χ0v) is 6.37. The van der Waals surface area contributed by atoms with E-state index in [1.807, 2.05) is 0 Å². The van der Waals surface area contributed by atoms with Crippen molar-refractivity contribution >= 4 is 0 Å². The van der Waals surface area contributed by atoms with Gasteiger partial charge in [0, 0.05) is 0 Å². The molecule has 0 saturated carbocycles. The molecule has 80 valence electrons. The topological polar surface area (TPSA) is 116 Å². The van der Waals surface area contributed by atoms with Crippen LogP contribution in [0, 0.1) is 0 Å². The first-order chi connectivity index (χ1) is 5.57. The SMILES string of the molecule is C.NC1[C@@H](O)[C@H](O)C(CO)O[C@@H]1O. The summed E-state index contributed by atoms with van der Waals surface area (Å²) in [6, 6.07) is -1.04. The highest BCUT2D eigenvalue weighted by molar-refractivity contribution is 4.90. The second kappa shape index (κ2) is 4.85. The molecule has 1 rings (SSSR count). The average molecular weight is 195 g/mol. The lowest BCUT2D eigenvalue weighted by Crippen LogP contribution is -2.61. The van der Waals surface area contributed by atoms with Crippen molar-refractivity contribution in [2.24, 2.45) is 5.73 Å². The molecule has 0 aromatic carbocycles. The summed E-state index contributed by atoms with van der Waals surface area (Å²) in [7, 11) is 0. The fourth-order valence-corrected chi connectivity index (χ4v) is 1.12. The van der Waals surface area contributed by atoms with Crippen LogP contribution in [0.5, 0.6) is 0 Å². The van der Waals surface area contributed by atoms with E-state index in [1.54, 1.807) is 0 Å². The highest BCUT2D eigenvalue weighted by Gasteiger charge is 2.41. The predicted octanol–water partition coefficient (Wildman–Crippen LogP) is -2.62.